The summed E-state index contributed by atoms with van der Waals surface area (Å²) < 4.78 is 50.2. The first-order chi connectivity index (χ1) is 12.9. The predicted octanol–water partition coefficient (Wildman–Crippen LogP) is 2.92. The second-order valence-corrected chi connectivity index (χ2v) is 8.08. The van der Waals surface area contributed by atoms with Gasteiger partial charge in [-0.15, -0.1) is 5.10 Å². The zero-order valence-electron chi connectivity index (χ0n) is 13.4. The largest absolute Gasteiger partial charge is 0.266 e. The van der Waals surface area contributed by atoms with E-state index in [4.69, 9.17) is 11.6 Å². The molecule has 0 saturated carbocycles. The van der Waals surface area contributed by atoms with Crippen molar-refractivity contribution in [1.29, 1.82) is 0 Å². The molecule has 0 unspecified atom stereocenters. The maximum absolute atomic E-state index is 13.1. The van der Waals surface area contributed by atoms with E-state index in [2.05, 4.69) is 23.6 Å². The van der Waals surface area contributed by atoms with E-state index >= 15 is 0 Å². The number of benzene rings is 2. The van der Waals surface area contributed by atoms with Gasteiger partial charge < -0.3 is 0 Å². The maximum Gasteiger partial charge on any atom is 0.266 e. The molecule has 138 valence electrons. The van der Waals surface area contributed by atoms with Crippen LogP contribution in [0.15, 0.2) is 47.6 Å². The highest BCUT2D eigenvalue weighted by atomic mass is 35.5. The van der Waals surface area contributed by atoms with E-state index in [1.807, 2.05) is 0 Å². The number of sulfonamides is 1. The second kappa shape index (κ2) is 6.83. The molecular weight excluding hydrogens is 415 g/mol. The van der Waals surface area contributed by atoms with Gasteiger partial charge in [0.15, 0.2) is 0 Å². The van der Waals surface area contributed by atoms with Gasteiger partial charge in [-0.3, -0.25) is 0 Å². The van der Waals surface area contributed by atoms with Crippen molar-refractivity contribution < 1.29 is 12.8 Å². The number of fused-ring (bicyclic) bond motifs is 1. The molecule has 0 aliphatic heterocycles. The van der Waals surface area contributed by atoms with Crippen LogP contribution in [-0.4, -0.2) is 31.9 Å². The average molecular weight is 425 g/mol. The molecule has 8 nitrogen and oxygen atoms in total. The summed E-state index contributed by atoms with van der Waals surface area (Å²) in [5.41, 5.74) is 1.40. The third-order valence-electron chi connectivity index (χ3n) is 3.65. The summed E-state index contributed by atoms with van der Waals surface area (Å²) in [4.78, 5) is 3.94. The van der Waals surface area contributed by atoms with E-state index in [1.165, 1.54) is 35.3 Å². The molecule has 4 aromatic rings. The zero-order chi connectivity index (χ0) is 19.0. The number of halogens is 2. The molecule has 4 rings (SSSR count). The van der Waals surface area contributed by atoms with Gasteiger partial charge in [0.2, 0.25) is 0 Å². The fraction of sp³-hybridized carbons (Fsp3) is 0.0667. The normalized spacial score (nSPS) is 11.8. The molecule has 0 bridgehead atoms. The molecule has 27 heavy (non-hydrogen) atoms. The Balaban J connectivity index is 1.57. The third-order valence-corrected chi connectivity index (χ3v) is 5.90. The molecule has 0 aliphatic rings. The van der Waals surface area contributed by atoms with Crippen molar-refractivity contribution in [2.45, 2.75) is 11.4 Å². The SMILES string of the molecule is O=S(=O)(Nc1ncn(Cc2ccc(F)cc2Cl)n1)c1cccc2nsnc12. The quantitative estimate of drug-likeness (QED) is 0.528. The molecule has 2 aromatic heterocycles. The number of rotatable bonds is 5. The molecule has 0 spiro atoms. The van der Waals surface area contributed by atoms with Crippen LogP contribution < -0.4 is 4.72 Å². The van der Waals surface area contributed by atoms with Crippen LogP contribution in [0.4, 0.5) is 10.3 Å². The lowest BCUT2D eigenvalue weighted by molar-refractivity contribution is 0.601. The third kappa shape index (κ3) is 3.61. The Bertz CT molecular complexity index is 1240. The van der Waals surface area contributed by atoms with Crippen molar-refractivity contribution in [3.05, 3.63) is 59.1 Å². The number of hydrogen-bond donors (Lipinski definition) is 1. The van der Waals surface area contributed by atoms with Crippen LogP contribution in [0.1, 0.15) is 5.56 Å². The van der Waals surface area contributed by atoms with E-state index in [-0.39, 0.29) is 27.9 Å². The van der Waals surface area contributed by atoms with Crippen molar-refractivity contribution in [3.8, 4) is 0 Å². The second-order valence-electron chi connectivity index (χ2n) is 5.50. The summed E-state index contributed by atoms with van der Waals surface area (Å²) in [6, 6.07) is 8.70. The fourth-order valence-electron chi connectivity index (χ4n) is 2.42. The highest BCUT2D eigenvalue weighted by Gasteiger charge is 2.21. The number of aromatic nitrogens is 5. The van der Waals surface area contributed by atoms with Gasteiger partial charge in [0.05, 0.1) is 18.3 Å². The van der Waals surface area contributed by atoms with Gasteiger partial charge in [-0.2, -0.15) is 13.7 Å². The lowest BCUT2D eigenvalue weighted by Gasteiger charge is -2.05. The molecule has 2 heterocycles. The molecule has 0 amide bonds. The van der Waals surface area contributed by atoms with E-state index in [9.17, 15) is 12.8 Å². The van der Waals surface area contributed by atoms with Gasteiger partial charge in [-0.05, 0) is 29.8 Å². The maximum atomic E-state index is 13.1. The molecule has 1 N–H and O–H groups in total. The summed E-state index contributed by atoms with van der Waals surface area (Å²) >= 11 is 6.92. The van der Waals surface area contributed by atoms with Crippen LogP contribution in [0.2, 0.25) is 5.02 Å². The monoisotopic (exact) mass is 424 g/mol. The van der Waals surface area contributed by atoms with Crippen molar-refractivity contribution >= 4 is 50.3 Å². The molecule has 2 aromatic carbocycles. The van der Waals surface area contributed by atoms with Crippen molar-refractivity contribution in [2.24, 2.45) is 0 Å². The smallest absolute Gasteiger partial charge is 0.246 e. The van der Waals surface area contributed by atoms with E-state index in [0.717, 1.165) is 11.7 Å². The standard InChI is InChI=1S/C15H10ClFN6O2S2/c16-11-6-10(17)5-4-9(11)7-23-8-18-15(19-23)22-27(24,25)13-3-1-2-12-14(13)21-26-20-12/h1-6,8H,7H2,(H,19,22). The van der Waals surface area contributed by atoms with Crippen molar-refractivity contribution in [1.82, 2.24) is 23.5 Å². The average Bonchev–Trinajstić information content (AvgIpc) is 3.25. The number of hydrogen-bond acceptors (Lipinski definition) is 7. The van der Waals surface area contributed by atoms with E-state index in [1.54, 1.807) is 12.1 Å². The van der Waals surface area contributed by atoms with Crippen molar-refractivity contribution in [2.75, 3.05) is 4.72 Å². The highest BCUT2D eigenvalue weighted by molar-refractivity contribution is 7.93. The Morgan fingerprint density at radius 2 is 2.07 bits per heavy atom. The lowest BCUT2D eigenvalue weighted by atomic mass is 10.2. The Kier molecular flexibility index (Phi) is 4.50. The molecular formula is C15H10ClFN6O2S2. The highest BCUT2D eigenvalue weighted by Crippen LogP contribution is 2.23. The van der Waals surface area contributed by atoms with Gasteiger partial charge in [0, 0.05) is 5.02 Å². The molecule has 0 aliphatic carbocycles. The summed E-state index contributed by atoms with van der Waals surface area (Å²) in [6.07, 6.45) is 1.35. The van der Waals surface area contributed by atoms with Gasteiger partial charge in [0.1, 0.15) is 28.1 Å². The van der Waals surface area contributed by atoms with Crippen LogP contribution >= 0.6 is 23.3 Å². The van der Waals surface area contributed by atoms with Gasteiger partial charge in [-0.1, -0.05) is 23.7 Å². The Labute approximate surface area is 162 Å². The van der Waals surface area contributed by atoms with Gasteiger partial charge in [0.25, 0.3) is 16.0 Å². The van der Waals surface area contributed by atoms with E-state index in [0.29, 0.717) is 11.1 Å². The van der Waals surface area contributed by atoms with Crippen LogP contribution in [0, 0.1) is 5.82 Å². The minimum Gasteiger partial charge on any atom is -0.246 e. The summed E-state index contributed by atoms with van der Waals surface area (Å²) in [7, 11) is -3.94. The zero-order valence-corrected chi connectivity index (χ0v) is 15.8. The molecule has 0 fully saturated rings. The minimum atomic E-state index is -3.94. The van der Waals surface area contributed by atoms with Crippen molar-refractivity contribution in [3.63, 3.8) is 0 Å². The fourth-order valence-corrected chi connectivity index (χ4v) is 4.36. The molecule has 0 saturated heterocycles. The number of nitrogens with zero attached hydrogens (tertiary/aromatic N) is 5. The van der Waals surface area contributed by atoms with Crippen LogP contribution in [0.25, 0.3) is 11.0 Å². The lowest BCUT2D eigenvalue weighted by Crippen LogP contribution is -2.15. The first-order valence-electron chi connectivity index (χ1n) is 7.50. The molecule has 0 atom stereocenters. The summed E-state index contributed by atoms with van der Waals surface area (Å²) in [5, 5.41) is 4.32. The topological polar surface area (TPSA) is 103 Å². The van der Waals surface area contributed by atoms with Gasteiger partial charge in [-0.25, -0.2) is 22.2 Å². The molecule has 0 radical (unpaired) electrons. The summed E-state index contributed by atoms with van der Waals surface area (Å²) in [5.74, 6) is -0.546. The molecule has 12 heteroatoms. The number of anilines is 1. The summed E-state index contributed by atoms with van der Waals surface area (Å²) in [6.45, 7) is 0.208. The Morgan fingerprint density at radius 3 is 2.89 bits per heavy atom. The first-order valence-corrected chi connectivity index (χ1v) is 10.1. The Hall–Kier alpha value is -2.63. The minimum absolute atomic E-state index is 0.00770. The number of nitrogens with one attached hydrogen (secondary N) is 1. The first kappa shape index (κ1) is 17.8. The predicted molar refractivity (Wildman–Crippen MR) is 98.8 cm³/mol. The van der Waals surface area contributed by atoms with Crippen LogP contribution in [0.5, 0.6) is 0 Å². The van der Waals surface area contributed by atoms with Crippen LogP contribution in [-0.2, 0) is 16.6 Å². The van der Waals surface area contributed by atoms with E-state index < -0.39 is 15.8 Å². The Morgan fingerprint density at radius 1 is 1.22 bits per heavy atom. The van der Waals surface area contributed by atoms with Gasteiger partial charge >= 0.3 is 0 Å². The van der Waals surface area contributed by atoms with Crippen LogP contribution in [0.3, 0.4) is 0 Å².